The van der Waals surface area contributed by atoms with Gasteiger partial charge in [-0.3, -0.25) is 4.98 Å². The fourth-order valence-corrected chi connectivity index (χ4v) is 2.35. The fraction of sp³-hybridized carbons (Fsp3) is 0. The van der Waals surface area contributed by atoms with Gasteiger partial charge in [0.2, 0.25) is 0 Å². The highest BCUT2D eigenvalue weighted by atomic mass is 32.1. The summed E-state index contributed by atoms with van der Waals surface area (Å²) in [6, 6.07) is 10.2. The molecule has 0 spiro atoms. The molecule has 0 aliphatic carbocycles. The molecule has 0 atom stereocenters. The van der Waals surface area contributed by atoms with Gasteiger partial charge >= 0.3 is 0 Å². The van der Waals surface area contributed by atoms with Crippen LogP contribution in [-0.4, -0.2) is 9.97 Å². The first-order valence-electron chi connectivity index (χ1n) is 4.89. The van der Waals surface area contributed by atoms with Crippen molar-refractivity contribution in [1.29, 1.82) is 0 Å². The van der Waals surface area contributed by atoms with Gasteiger partial charge in [-0.1, -0.05) is 12.1 Å². The van der Waals surface area contributed by atoms with E-state index in [0.717, 1.165) is 16.6 Å². The van der Waals surface area contributed by atoms with Crippen LogP contribution in [0.1, 0.15) is 0 Å². The maximum Gasteiger partial charge on any atom is 0.142 e. The van der Waals surface area contributed by atoms with E-state index in [4.69, 9.17) is 5.73 Å². The zero-order valence-electron chi connectivity index (χ0n) is 8.42. The van der Waals surface area contributed by atoms with Crippen LogP contribution in [0.5, 0.6) is 0 Å². The SMILES string of the molecule is Nc1cnc2ccc(-c3cccs3)cc2n1. The van der Waals surface area contributed by atoms with E-state index in [0.29, 0.717) is 5.82 Å². The average Bonchev–Trinajstić information content (AvgIpc) is 2.81. The number of thiophene rings is 1. The summed E-state index contributed by atoms with van der Waals surface area (Å²) < 4.78 is 0. The van der Waals surface area contributed by atoms with Crippen molar-refractivity contribution in [2.24, 2.45) is 0 Å². The second-order valence-electron chi connectivity index (χ2n) is 3.48. The van der Waals surface area contributed by atoms with E-state index in [2.05, 4.69) is 27.5 Å². The number of fused-ring (bicyclic) bond motifs is 1. The molecule has 3 aromatic rings. The molecule has 1 aromatic carbocycles. The number of rotatable bonds is 1. The minimum atomic E-state index is 0.454. The summed E-state index contributed by atoms with van der Waals surface area (Å²) >= 11 is 1.71. The van der Waals surface area contributed by atoms with Crippen molar-refractivity contribution in [3.63, 3.8) is 0 Å². The molecule has 3 rings (SSSR count). The highest BCUT2D eigenvalue weighted by Crippen LogP contribution is 2.26. The fourth-order valence-electron chi connectivity index (χ4n) is 1.62. The Balaban J connectivity index is 2.22. The highest BCUT2D eigenvalue weighted by molar-refractivity contribution is 7.13. The number of hydrogen-bond acceptors (Lipinski definition) is 4. The molecular weight excluding hydrogens is 218 g/mol. The Hall–Kier alpha value is -1.94. The molecule has 0 fully saturated rings. The Morgan fingerprint density at radius 1 is 1.12 bits per heavy atom. The van der Waals surface area contributed by atoms with Crippen molar-refractivity contribution < 1.29 is 0 Å². The average molecular weight is 227 g/mol. The summed E-state index contributed by atoms with van der Waals surface area (Å²) in [5, 5.41) is 2.06. The van der Waals surface area contributed by atoms with Gasteiger partial charge in [-0.15, -0.1) is 11.3 Å². The Kier molecular flexibility index (Phi) is 2.08. The van der Waals surface area contributed by atoms with Gasteiger partial charge in [0.25, 0.3) is 0 Å². The molecule has 3 nitrogen and oxygen atoms in total. The van der Waals surface area contributed by atoms with Crippen molar-refractivity contribution in [1.82, 2.24) is 9.97 Å². The molecule has 78 valence electrons. The molecular formula is C12H9N3S. The molecule has 0 aliphatic heterocycles. The Morgan fingerprint density at radius 2 is 2.06 bits per heavy atom. The third-order valence-corrected chi connectivity index (χ3v) is 3.29. The van der Waals surface area contributed by atoms with Gasteiger partial charge in [0, 0.05) is 4.88 Å². The van der Waals surface area contributed by atoms with E-state index in [-0.39, 0.29) is 0 Å². The summed E-state index contributed by atoms with van der Waals surface area (Å²) in [7, 11) is 0. The van der Waals surface area contributed by atoms with Crippen LogP contribution in [0.2, 0.25) is 0 Å². The first-order valence-corrected chi connectivity index (χ1v) is 5.77. The van der Waals surface area contributed by atoms with Gasteiger partial charge in [0.15, 0.2) is 0 Å². The van der Waals surface area contributed by atoms with Crippen molar-refractivity contribution in [3.8, 4) is 10.4 Å². The third kappa shape index (κ3) is 1.53. The summed E-state index contributed by atoms with van der Waals surface area (Å²) in [5.41, 5.74) is 8.49. The molecule has 0 saturated heterocycles. The minimum Gasteiger partial charge on any atom is -0.382 e. The summed E-state index contributed by atoms with van der Waals surface area (Å²) in [6.45, 7) is 0. The van der Waals surface area contributed by atoms with Gasteiger partial charge in [0.05, 0.1) is 17.2 Å². The lowest BCUT2D eigenvalue weighted by atomic mass is 10.1. The predicted octanol–water partition coefficient (Wildman–Crippen LogP) is 2.94. The molecule has 0 aliphatic rings. The topological polar surface area (TPSA) is 51.8 Å². The third-order valence-electron chi connectivity index (χ3n) is 2.37. The van der Waals surface area contributed by atoms with Crippen LogP contribution in [0.25, 0.3) is 21.5 Å². The van der Waals surface area contributed by atoms with Crippen LogP contribution >= 0.6 is 11.3 Å². The van der Waals surface area contributed by atoms with Gasteiger partial charge < -0.3 is 5.73 Å². The number of nitrogens with zero attached hydrogens (tertiary/aromatic N) is 2. The number of aromatic nitrogens is 2. The molecule has 0 bridgehead atoms. The summed E-state index contributed by atoms with van der Waals surface area (Å²) in [4.78, 5) is 9.71. The minimum absolute atomic E-state index is 0.454. The number of nitrogen functional groups attached to an aromatic ring is 1. The molecule has 16 heavy (non-hydrogen) atoms. The lowest BCUT2D eigenvalue weighted by molar-refractivity contribution is 1.30. The Labute approximate surface area is 96.6 Å². The van der Waals surface area contributed by atoms with Crippen molar-refractivity contribution >= 4 is 28.2 Å². The molecule has 0 amide bonds. The second-order valence-corrected chi connectivity index (χ2v) is 4.42. The van der Waals surface area contributed by atoms with Gasteiger partial charge in [-0.2, -0.15) is 0 Å². The quantitative estimate of drug-likeness (QED) is 0.695. The molecule has 2 aromatic heterocycles. The number of anilines is 1. The lowest BCUT2D eigenvalue weighted by Gasteiger charge is -2.01. The maximum absolute atomic E-state index is 5.62. The monoisotopic (exact) mass is 227 g/mol. The van der Waals surface area contributed by atoms with Crippen LogP contribution in [0, 0.1) is 0 Å². The van der Waals surface area contributed by atoms with E-state index >= 15 is 0 Å². The number of nitrogens with two attached hydrogens (primary N) is 1. The van der Waals surface area contributed by atoms with Crippen LogP contribution < -0.4 is 5.73 Å². The molecule has 0 unspecified atom stereocenters. The molecule has 0 saturated carbocycles. The van der Waals surface area contributed by atoms with E-state index in [1.807, 2.05) is 18.2 Å². The van der Waals surface area contributed by atoms with Gasteiger partial charge in [0.1, 0.15) is 5.82 Å². The van der Waals surface area contributed by atoms with E-state index in [1.54, 1.807) is 17.5 Å². The zero-order valence-corrected chi connectivity index (χ0v) is 9.24. The molecule has 0 radical (unpaired) electrons. The number of benzene rings is 1. The normalized spacial score (nSPS) is 10.8. The van der Waals surface area contributed by atoms with E-state index in [1.165, 1.54) is 4.88 Å². The Morgan fingerprint density at radius 3 is 2.88 bits per heavy atom. The van der Waals surface area contributed by atoms with Gasteiger partial charge in [-0.05, 0) is 29.1 Å². The smallest absolute Gasteiger partial charge is 0.142 e. The van der Waals surface area contributed by atoms with Crippen LogP contribution in [0.15, 0.2) is 41.9 Å². The van der Waals surface area contributed by atoms with Crippen LogP contribution in [0.4, 0.5) is 5.82 Å². The van der Waals surface area contributed by atoms with E-state index < -0.39 is 0 Å². The largest absolute Gasteiger partial charge is 0.382 e. The van der Waals surface area contributed by atoms with Crippen LogP contribution in [0.3, 0.4) is 0 Å². The molecule has 2 heterocycles. The van der Waals surface area contributed by atoms with Crippen molar-refractivity contribution in [3.05, 3.63) is 41.9 Å². The predicted molar refractivity (Wildman–Crippen MR) is 67.3 cm³/mol. The standard InChI is InChI=1S/C12H9N3S/c13-12-7-14-9-4-3-8(6-10(9)15-12)11-2-1-5-16-11/h1-7H,(H2,13,15). The van der Waals surface area contributed by atoms with E-state index in [9.17, 15) is 0 Å². The maximum atomic E-state index is 5.62. The zero-order chi connectivity index (χ0) is 11.0. The first kappa shape index (κ1) is 9.30. The summed E-state index contributed by atoms with van der Waals surface area (Å²) in [5.74, 6) is 0.454. The van der Waals surface area contributed by atoms with Crippen molar-refractivity contribution in [2.75, 3.05) is 5.73 Å². The second kappa shape index (κ2) is 3.57. The Bertz CT molecular complexity index is 632. The van der Waals surface area contributed by atoms with Gasteiger partial charge in [-0.25, -0.2) is 4.98 Å². The van der Waals surface area contributed by atoms with Crippen molar-refractivity contribution in [2.45, 2.75) is 0 Å². The highest BCUT2D eigenvalue weighted by Gasteiger charge is 2.02. The van der Waals surface area contributed by atoms with Crippen LogP contribution in [-0.2, 0) is 0 Å². The lowest BCUT2D eigenvalue weighted by Crippen LogP contribution is -1.92. The molecule has 2 N–H and O–H groups in total. The first-order chi connectivity index (χ1) is 7.83. The number of hydrogen-bond donors (Lipinski definition) is 1. The summed E-state index contributed by atoms with van der Waals surface area (Å²) in [6.07, 6.45) is 1.58. The molecule has 4 heteroatoms.